The number of amides is 3. The van der Waals surface area contributed by atoms with Crippen molar-refractivity contribution in [2.45, 2.75) is 90.8 Å². The number of pyridine rings is 6. The molecule has 0 aliphatic rings. The largest absolute Gasteiger partial charge is 0.488 e. The highest BCUT2D eigenvalue weighted by Gasteiger charge is 2.30. The number of unbranched alkanes of at least 4 members (excludes halogenated alkanes) is 2. The van der Waals surface area contributed by atoms with Gasteiger partial charge in [-0.25, -0.2) is 9.13 Å². The van der Waals surface area contributed by atoms with Crippen molar-refractivity contribution in [3.8, 4) is 44.5 Å². The second-order valence-corrected chi connectivity index (χ2v) is 29.6. The van der Waals surface area contributed by atoms with Crippen LogP contribution in [0.25, 0.3) is 44.5 Å². The van der Waals surface area contributed by atoms with Crippen molar-refractivity contribution >= 4 is 99.0 Å². The third kappa shape index (κ3) is 23.2. The molecule has 0 fully saturated rings. The zero-order valence-electron chi connectivity index (χ0n) is 65.7. The summed E-state index contributed by atoms with van der Waals surface area (Å²) in [4.78, 5) is 57.4. The summed E-state index contributed by atoms with van der Waals surface area (Å²) in [5, 5.41) is 134. The number of Topliss-reactive ketones (excluding diaryl/α,β-unsaturated/α-hetero) is 1. The van der Waals surface area contributed by atoms with E-state index >= 15 is 4.79 Å². The van der Waals surface area contributed by atoms with Crippen LogP contribution in [0.3, 0.4) is 0 Å². The van der Waals surface area contributed by atoms with Crippen molar-refractivity contribution in [1.82, 2.24) is 16.0 Å². The number of nitrogens with one attached hydrogen (secondary N) is 3. The summed E-state index contributed by atoms with van der Waals surface area (Å²) in [5.74, 6) is -1.69. The first kappa shape index (κ1) is 86.3. The Bertz CT molecular complexity index is 5650. The smallest absolute Gasteiger partial charge is 0.423 e. The number of aromatic nitrogens is 6. The number of hydrogen-bond acceptors (Lipinski definition) is 16. The first-order valence-corrected chi connectivity index (χ1v) is 39.2. The number of nitrogens with zero attached hydrogens (tertiary/aromatic N) is 6. The van der Waals surface area contributed by atoms with Crippen LogP contribution in [0.4, 0.5) is 0 Å². The summed E-state index contributed by atoms with van der Waals surface area (Å²) in [6, 6.07) is 55.4. The van der Waals surface area contributed by atoms with Gasteiger partial charge in [-0.15, -0.1) is 0 Å². The van der Waals surface area contributed by atoms with Gasteiger partial charge in [0.2, 0.25) is 5.91 Å². The minimum Gasteiger partial charge on any atom is -0.423 e. The highest BCUT2D eigenvalue weighted by atomic mass is 16.4. The lowest BCUT2D eigenvalue weighted by Crippen LogP contribution is -2.44. The van der Waals surface area contributed by atoms with Crippen molar-refractivity contribution in [1.29, 1.82) is 0 Å². The van der Waals surface area contributed by atoms with Gasteiger partial charge in [0, 0.05) is 70.6 Å². The molecule has 6 heterocycles. The van der Waals surface area contributed by atoms with Crippen molar-refractivity contribution in [3.63, 3.8) is 0 Å². The van der Waals surface area contributed by atoms with Crippen LogP contribution in [-0.4, -0.2) is 146 Å². The third-order valence-corrected chi connectivity index (χ3v) is 20.8. The molecule has 119 heavy (non-hydrogen) atoms. The summed E-state index contributed by atoms with van der Waals surface area (Å²) in [6.45, 7) is 6.75. The number of benzene rings is 6. The Balaban J connectivity index is 0.859. The average Bonchev–Trinajstić information content (AvgIpc) is 0.788. The maximum absolute atomic E-state index is 15.4. The predicted octanol–water partition coefficient (Wildman–Crippen LogP) is -1.42. The first-order chi connectivity index (χ1) is 57.4. The Morgan fingerprint density at radius 2 is 0.613 bits per heavy atom. The molecule has 25 nitrogen and oxygen atoms in total. The minimum absolute atomic E-state index is 0.0290. The topological polar surface area (TPSA) is 370 Å². The Morgan fingerprint density at radius 3 is 0.958 bits per heavy atom. The molecule has 31 heteroatoms. The van der Waals surface area contributed by atoms with E-state index in [1.165, 1.54) is 0 Å². The summed E-state index contributed by atoms with van der Waals surface area (Å²) >= 11 is 0. The van der Waals surface area contributed by atoms with Gasteiger partial charge in [0.05, 0.1) is 50.5 Å². The Kier molecular flexibility index (Phi) is 29.6. The van der Waals surface area contributed by atoms with E-state index in [2.05, 4.69) is 22.5 Å². The molecule has 0 aliphatic heterocycles. The zero-order valence-corrected chi connectivity index (χ0v) is 65.7. The second-order valence-electron chi connectivity index (χ2n) is 29.6. The fourth-order valence-corrected chi connectivity index (χ4v) is 14.7. The molecule has 598 valence electrons. The SMILES string of the molecule is C=C(C)C(=O)NCCCCC(=O)C(CCCCNC(=O)c1cc(-c2cc(-c3ccc[n+](Cc4ccccc4B(O)O)c3)c[n+](Cc3ccccc3B(O)O)c2)c[n+](Cc2ccccc2B(O)O)c1)NC(=O)c1cc(-c2cc(-c3ccc[n+](Cc4ccccc4B(O)O)c3)c[n+](Cc3ccccc3B(O)O)c2)c[n+](Cc2ccccc2B(O)O)c1. The van der Waals surface area contributed by atoms with Crippen LogP contribution in [0, 0.1) is 0 Å². The Labute approximate surface area is 691 Å². The van der Waals surface area contributed by atoms with Crippen molar-refractivity contribution < 1.29 is 107 Å². The Morgan fingerprint density at radius 1 is 0.328 bits per heavy atom. The number of ketones is 1. The van der Waals surface area contributed by atoms with Crippen LogP contribution in [0.15, 0.2) is 281 Å². The minimum atomic E-state index is -1.84. The molecule has 6 aromatic carbocycles. The molecule has 0 bridgehead atoms. The van der Waals surface area contributed by atoms with Gasteiger partial charge in [-0.05, 0) is 108 Å². The predicted molar refractivity (Wildman–Crippen MR) is 452 cm³/mol. The lowest BCUT2D eigenvalue weighted by molar-refractivity contribution is -0.689. The van der Waals surface area contributed by atoms with E-state index < -0.39 is 60.6 Å². The van der Waals surface area contributed by atoms with E-state index in [4.69, 9.17) is 0 Å². The van der Waals surface area contributed by atoms with Crippen LogP contribution in [0.2, 0.25) is 0 Å². The lowest BCUT2D eigenvalue weighted by atomic mass is 9.77. The highest BCUT2D eigenvalue weighted by molar-refractivity contribution is 6.61. The van der Waals surface area contributed by atoms with Gasteiger partial charge in [0.1, 0.15) is 11.1 Å². The summed E-state index contributed by atoms with van der Waals surface area (Å²) in [7, 11) is -10.6. The number of carbonyl (C=O) groups is 4. The van der Waals surface area contributed by atoms with E-state index in [0.29, 0.717) is 115 Å². The maximum atomic E-state index is 15.4. The molecule has 0 saturated heterocycles. The third-order valence-electron chi connectivity index (χ3n) is 20.8. The molecule has 0 saturated carbocycles. The summed E-state index contributed by atoms with van der Waals surface area (Å²) in [6.07, 6.45) is 23.7. The van der Waals surface area contributed by atoms with E-state index in [-0.39, 0.29) is 97.9 Å². The standard InChI is InChI=1S/C88H90B6N9O16/c1-61(2)86(105)95-37-18-16-36-85(104)84(97-88(107)77-44-75(58-103(60-77)52-69-26-8-14-34-83(69)94(118)119)73-42-71(54-101(56-73)50-67-24-6-12-32-81(67)92(114)115)63-28-20-40-99(46-63)48-65-22-4-10-30-79(65)90(110)111)35-15-17-38-96-87(106)76-43-74(57-102(59-76)51-68-25-7-13-33-82(68)93(116)117)72-41-70(53-100(55-72)49-66-23-5-11-31-80(66)91(112)113)62-27-19-39-98(45-62)47-64-21-3-9-29-78(64)89(108)109/h3-14,19-34,39-46,53-60,84,108-119H,1,15-18,35-38,47-52H2,2H3/q+3/p+3. The van der Waals surface area contributed by atoms with Crippen molar-refractivity contribution in [2.75, 3.05) is 13.1 Å². The first-order valence-electron chi connectivity index (χ1n) is 39.2. The number of hydrogen-bond donors (Lipinski definition) is 15. The molecule has 1 atom stereocenters. The molecule has 15 N–H and O–H groups in total. The molecular formula is C88H93B6N9O16+6. The summed E-state index contributed by atoms with van der Waals surface area (Å²) < 4.78 is 11.2. The average molecular weight is 1600 g/mol. The fourth-order valence-electron chi connectivity index (χ4n) is 14.7. The van der Waals surface area contributed by atoms with Crippen LogP contribution < -0.4 is 76.1 Å². The van der Waals surface area contributed by atoms with Gasteiger partial charge in [-0.3, -0.25) is 19.2 Å². The van der Waals surface area contributed by atoms with E-state index in [1.807, 2.05) is 141 Å². The quantitative estimate of drug-likeness (QED) is 0.00920. The van der Waals surface area contributed by atoms with Crippen LogP contribution >= 0.6 is 0 Å². The molecule has 0 aliphatic carbocycles. The zero-order chi connectivity index (χ0) is 84.2. The summed E-state index contributed by atoms with van der Waals surface area (Å²) in [5.41, 5.74) is 11.4. The van der Waals surface area contributed by atoms with Gasteiger partial charge >= 0.3 is 42.7 Å². The second kappa shape index (κ2) is 40.9. The molecule has 12 rings (SSSR count). The molecule has 0 spiro atoms. The van der Waals surface area contributed by atoms with E-state index in [0.717, 1.165) is 16.7 Å². The molecule has 1 unspecified atom stereocenters. The van der Waals surface area contributed by atoms with Gasteiger partial charge in [-0.2, -0.15) is 18.3 Å². The normalized spacial score (nSPS) is 11.3. The van der Waals surface area contributed by atoms with E-state index in [1.54, 1.807) is 162 Å². The van der Waals surface area contributed by atoms with Crippen molar-refractivity contribution in [2.24, 2.45) is 0 Å². The lowest BCUT2D eigenvalue weighted by Gasteiger charge is -2.18. The van der Waals surface area contributed by atoms with Gasteiger partial charge in [0.25, 0.3) is 11.8 Å². The molecule has 6 aromatic heterocycles. The monoisotopic (exact) mass is 1600 g/mol. The maximum Gasteiger partial charge on any atom is 0.488 e. The number of carbonyl (C=O) groups excluding carboxylic acids is 4. The molecule has 12 aromatic rings. The van der Waals surface area contributed by atoms with Crippen LogP contribution in [0.1, 0.15) is 99.5 Å². The van der Waals surface area contributed by atoms with E-state index in [9.17, 15) is 74.7 Å². The van der Waals surface area contributed by atoms with Gasteiger partial charge in [-0.1, -0.05) is 152 Å². The van der Waals surface area contributed by atoms with Crippen LogP contribution in [0.5, 0.6) is 0 Å². The highest BCUT2D eigenvalue weighted by Crippen LogP contribution is 2.28. The molecular weight excluding hydrogens is 1500 g/mol. The Hall–Kier alpha value is -12.1. The van der Waals surface area contributed by atoms with Crippen LogP contribution in [-0.2, 0) is 48.9 Å². The van der Waals surface area contributed by atoms with Crippen molar-refractivity contribution in [3.05, 3.63) is 325 Å². The van der Waals surface area contributed by atoms with Gasteiger partial charge < -0.3 is 76.2 Å². The van der Waals surface area contributed by atoms with Gasteiger partial charge in [0.15, 0.2) is 119 Å². The molecule has 3 amide bonds. The fraction of sp³-hybridized carbons (Fsp3) is 0.182. The number of rotatable bonds is 37. The molecule has 0 radical (unpaired) electrons.